The molecular weight excluding hydrogens is 393 g/mol. The van der Waals surface area contributed by atoms with Crippen LogP contribution in [-0.2, 0) is 6.18 Å². The fourth-order valence-corrected chi connectivity index (χ4v) is 3.38. The van der Waals surface area contributed by atoms with Gasteiger partial charge >= 0.3 is 12.2 Å². The van der Waals surface area contributed by atoms with Gasteiger partial charge in [-0.05, 0) is 61.4 Å². The van der Waals surface area contributed by atoms with E-state index in [2.05, 4.69) is 10.6 Å². The lowest BCUT2D eigenvalue weighted by atomic mass is 10.2. The molecule has 0 radical (unpaired) electrons. The number of carbonyl (C=O) groups excluding carboxylic acids is 1. The lowest BCUT2D eigenvalue weighted by molar-refractivity contribution is -0.145. The lowest BCUT2D eigenvalue weighted by Crippen LogP contribution is -2.32. The summed E-state index contributed by atoms with van der Waals surface area (Å²) in [7, 11) is 0. The van der Waals surface area contributed by atoms with Crippen molar-refractivity contribution in [3.63, 3.8) is 0 Å². The molecule has 2 amide bonds. The third-order valence-electron chi connectivity index (χ3n) is 4.09. The van der Waals surface area contributed by atoms with Gasteiger partial charge in [0.1, 0.15) is 0 Å². The van der Waals surface area contributed by atoms with Crippen molar-refractivity contribution < 1.29 is 23.2 Å². The number of nitrogens with zero attached hydrogens (tertiary/aromatic N) is 2. The predicted molar refractivity (Wildman–Crippen MR) is 101 cm³/mol. The van der Waals surface area contributed by atoms with Gasteiger partial charge < -0.3 is 10.6 Å². The van der Waals surface area contributed by atoms with Crippen molar-refractivity contribution in [2.45, 2.75) is 23.9 Å². The first-order chi connectivity index (χ1) is 13.3. The number of benzene rings is 2. The largest absolute Gasteiger partial charge is 0.416 e. The Morgan fingerprint density at radius 2 is 1.46 bits per heavy atom. The standard InChI is InChI=1S/C18H19F3N4O2S/c19-18(20,21)13-3-5-14(6-4-13)22-17(26)23-15-7-9-16(10-8-15)28-25(27)24-11-1-2-12-24/h3-10,27H,1-2,11-12H2,(H2,22,23,26). The van der Waals surface area contributed by atoms with Gasteiger partial charge in [0.05, 0.1) is 5.56 Å². The SMILES string of the molecule is O=C(Nc1ccc(SN(O)N2CCCC2)cc1)Nc1ccc(C(F)(F)F)cc1. The third kappa shape index (κ3) is 5.61. The topological polar surface area (TPSA) is 67.8 Å². The molecule has 150 valence electrons. The number of nitrogens with one attached hydrogen (secondary N) is 2. The summed E-state index contributed by atoms with van der Waals surface area (Å²) in [4.78, 5) is 12.8. The van der Waals surface area contributed by atoms with E-state index in [4.69, 9.17) is 0 Å². The van der Waals surface area contributed by atoms with Crippen LogP contribution in [-0.4, -0.2) is 33.9 Å². The second-order valence-corrected chi connectivity index (χ2v) is 7.16. The Balaban J connectivity index is 1.51. The van der Waals surface area contributed by atoms with Crippen molar-refractivity contribution in [2.75, 3.05) is 23.7 Å². The molecule has 0 spiro atoms. The molecule has 10 heteroatoms. The molecule has 0 aliphatic carbocycles. The molecule has 6 nitrogen and oxygen atoms in total. The second kappa shape index (κ2) is 8.82. The Kier molecular flexibility index (Phi) is 6.45. The van der Waals surface area contributed by atoms with Gasteiger partial charge in [0.15, 0.2) is 0 Å². The number of anilines is 2. The molecule has 1 saturated heterocycles. The lowest BCUT2D eigenvalue weighted by Gasteiger charge is -2.23. The molecule has 1 heterocycles. The van der Waals surface area contributed by atoms with E-state index < -0.39 is 17.8 Å². The summed E-state index contributed by atoms with van der Waals surface area (Å²) in [6.45, 7) is 1.63. The van der Waals surface area contributed by atoms with Gasteiger partial charge in [0, 0.05) is 41.3 Å². The maximum Gasteiger partial charge on any atom is 0.416 e. The van der Waals surface area contributed by atoms with Crippen molar-refractivity contribution in [3.8, 4) is 0 Å². The first kappa shape index (κ1) is 20.5. The van der Waals surface area contributed by atoms with Crippen LogP contribution in [0.15, 0.2) is 53.4 Å². The van der Waals surface area contributed by atoms with Crippen molar-refractivity contribution >= 4 is 29.4 Å². The van der Waals surface area contributed by atoms with E-state index in [9.17, 15) is 23.2 Å². The first-order valence-corrected chi connectivity index (χ1v) is 9.36. The number of amides is 2. The summed E-state index contributed by atoms with van der Waals surface area (Å²) in [6, 6.07) is 10.5. The average molecular weight is 412 g/mol. The van der Waals surface area contributed by atoms with Crippen LogP contribution in [0.5, 0.6) is 0 Å². The van der Waals surface area contributed by atoms with Gasteiger partial charge in [-0.25, -0.2) is 9.80 Å². The number of rotatable bonds is 5. The second-order valence-electron chi connectivity index (χ2n) is 6.18. The molecule has 0 atom stereocenters. The summed E-state index contributed by atoms with van der Waals surface area (Å²) in [5.74, 6) is 0. The minimum absolute atomic E-state index is 0.249. The molecule has 0 aromatic heterocycles. The third-order valence-corrected chi connectivity index (χ3v) is 4.97. The van der Waals surface area contributed by atoms with Crippen LogP contribution in [0.2, 0.25) is 0 Å². The highest BCUT2D eigenvalue weighted by Crippen LogP contribution is 2.30. The average Bonchev–Trinajstić information content (AvgIpc) is 3.18. The maximum absolute atomic E-state index is 12.5. The quantitative estimate of drug-likeness (QED) is 0.473. The van der Waals surface area contributed by atoms with Crippen LogP contribution < -0.4 is 10.6 Å². The molecule has 0 saturated carbocycles. The highest BCUT2D eigenvalue weighted by atomic mass is 32.2. The summed E-state index contributed by atoms with van der Waals surface area (Å²) in [5.41, 5.74) is -0.0166. The zero-order chi connectivity index (χ0) is 20.1. The van der Waals surface area contributed by atoms with E-state index in [1.807, 2.05) is 5.01 Å². The minimum Gasteiger partial charge on any atom is -0.308 e. The molecule has 0 unspecified atom stereocenters. The van der Waals surface area contributed by atoms with E-state index >= 15 is 0 Å². The zero-order valence-corrected chi connectivity index (χ0v) is 15.6. The summed E-state index contributed by atoms with van der Waals surface area (Å²) >= 11 is 1.17. The number of carbonyl (C=O) groups is 1. The molecule has 1 aliphatic heterocycles. The Morgan fingerprint density at radius 1 is 0.964 bits per heavy atom. The fourth-order valence-electron chi connectivity index (χ4n) is 2.66. The molecule has 1 fully saturated rings. The molecular formula is C18H19F3N4O2S. The minimum atomic E-state index is -4.42. The van der Waals surface area contributed by atoms with Crippen molar-refractivity contribution in [2.24, 2.45) is 0 Å². The fraction of sp³-hybridized carbons (Fsp3) is 0.278. The van der Waals surface area contributed by atoms with Crippen molar-refractivity contribution in [1.82, 2.24) is 9.59 Å². The van der Waals surface area contributed by atoms with Crippen LogP contribution in [0.3, 0.4) is 0 Å². The summed E-state index contributed by atoms with van der Waals surface area (Å²) < 4.78 is 38.8. The number of urea groups is 1. The number of alkyl halides is 3. The van der Waals surface area contributed by atoms with Gasteiger partial charge in [0.2, 0.25) is 0 Å². The normalized spacial score (nSPS) is 15.0. The molecule has 0 bridgehead atoms. The maximum atomic E-state index is 12.5. The van der Waals surface area contributed by atoms with Crippen LogP contribution in [0, 0.1) is 0 Å². The molecule has 1 aliphatic rings. The highest BCUT2D eigenvalue weighted by Gasteiger charge is 2.30. The molecule has 28 heavy (non-hydrogen) atoms. The van der Waals surface area contributed by atoms with E-state index in [-0.39, 0.29) is 5.69 Å². The van der Waals surface area contributed by atoms with Gasteiger partial charge in [-0.2, -0.15) is 13.2 Å². The molecule has 3 rings (SSSR count). The Labute approximate surface area is 164 Å². The van der Waals surface area contributed by atoms with Gasteiger partial charge in [-0.1, -0.05) is 4.58 Å². The Hall–Kier alpha value is -2.27. The summed E-state index contributed by atoms with van der Waals surface area (Å²) in [6.07, 6.45) is -2.32. The number of halogens is 3. The van der Waals surface area contributed by atoms with Crippen LogP contribution in [0.25, 0.3) is 0 Å². The zero-order valence-electron chi connectivity index (χ0n) is 14.7. The predicted octanol–water partition coefficient (Wildman–Crippen LogP) is 5.06. The van der Waals surface area contributed by atoms with E-state index in [1.165, 1.54) is 24.1 Å². The number of hydrazine groups is 1. The monoisotopic (exact) mass is 412 g/mol. The Morgan fingerprint density at radius 3 is 1.96 bits per heavy atom. The first-order valence-electron chi connectivity index (χ1n) is 8.58. The molecule has 3 N–H and O–H groups in total. The van der Waals surface area contributed by atoms with Crippen LogP contribution >= 0.6 is 11.9 Å². The van der Waals surface area contributed by atoms with Crippen molar-refractivity contribution in [3.05, 3.63) is 54.1 Å². The number of hydrogen-bond acceptors (Lipinski definition) is 5. The van der Waals surface area contributed by atoms with E-state index in [0.29, 0.717) is 5.69 Å². The Bertz CT molecular complexity index is 794. The van der Waals surface area contributed by atoms with Crippen molar-refractivity contribution in [1.29, 1.82) is 0 Å². The van der Waals surface area contributed by atoms with E-state index in [1.54, 1.807) is 24.3 Å². The molecule has 2 aromatic carbocycles. The van der Waals surface area contributed by atoms with Crippen LogP contribution in [0.1, 0.15) is 18.4 Å². The van der Waals surface area contributed by atoms with Crippen LogP contribution in [0.4, 0.5) is 29.3 Å². The molecule has 2 aromatic rings. The summed E-state index contributed by atoms with van der Waals surface area (Å²) in [5, 5.41) is 16.9. The highest BCUT2D eigenvalue weighted by molar-refractivity contribution is 7.96. The smallest absolute Gasteiger partial charge is 0.308 e. The van der Waals surface area contributed by atoms with Gasteiger partial charge in [-0.15, -0.1) is 0 Å². The van der Waals surface area contributed by atoms with Gasteiger partial charge in [0.25, 0.3) is 0 Å². The van der Waals surface area contributed by atoms with E-state index in [0.717, 1.165) is 47.5 Å². The number of hydrogen-bond donors (Lipinski definition) is 3. The van der Waals surface area contributed by atoms with Gasteiger partial charge in [-0.3, -0.25) is 5.21 Å².